The van der Waals surface area contributed by atoms with Crippen LogP contribution in [0.1, 0.15) is 43.6 Å². The van der Waals surface area contributed by atoms with Crippen LogP contribution in [0.5, 0.6) is 0 Å². The van der Waals surface area contributed by atoms with Crippen LogP contribution in [-0.4, -0.2) is 29.1 Å². The second-order valence-electron chi connectivity index (χ2n) is 6.03. The Labute approximate surface area is 123 Å². The van der Waals surface area contributed by atoms with E-state index in [0.29, 0.717) is 5.69 Å². The van der Waals surface area contributed by atoms with Gasteiger partial charge in [-0.2, -0.15) is 0 Å². The number of hydrogen-bond donors (Lipinski definition) is 3. The van der Waals surface area contributed by atoms with Crippen molar-refractivity contribution in [1.29, 1.82) is 0 Å². The van der Waals surface area contributed by atoms with Crippen LogP contribution < -0.4 is 10.6 Å². The molecule has 21 heavy (non-hydrogen) atoms. The Balaban J connectivity index is 1.83. The highest BCUT2D eigenvalue weighted by Crippen LogP contribution is 2.34. The zero-order valence-corrected chi connectivity index (χ0v) is 11.9. The molecule has 2 amide bonds. The van der Waals surface area contributed by atoms with E-state index in [1.807, 2.05) is 24.3 Å². The van der Waals surface area contributed by atoms with Crippen molar-refractivity contribution in [2.45, 2.75) is 43.6 Å². The summed E-state index contributed by atoms with van der Waals surface area (Å²) < 4.78 is 0. The molecule has 2 aliphatic rings. The molecule has 5 heteroatoms. The summed E-state index contributed by atoms with van der Waals surface area (Å²) in [6.45, 7) is -0.0424. The molecular formula is C16H20N2O3. The zero-order valence-electron chi connectivity index (χ0n) is 11.9. The van der Waals surface area contributed by atoms with E-state index in [0.717, 1.165) is 31.2 Å². The van der Waals surface area contributed by atoms with Gasteiger partial charge in [0.2, 0.25) is 11.8 Å². The van der Waals surface area contributed by atoms with E-state index < -0.39 is 11.5 Å². The minimum Gasteiger partial charge on any atom is -0.394 e. The quantitative estimate of drug-likeness (QED) is 0.789. The number of aliphatic hydroxyl groups excluding tert-OH is 1. The van der Waals surface area contributed by atoms with Crippen molar-refractivity contribution in [2.75, 3.05) is 11.9 Å². The Morgan fingerprint density at radius 2 is 2.05 bits per heavy atom. The van der Waals surface area contributed by atoms with Crippen LogP contribution >= 0.6 is 0 Å². The number of fused-ring (bicyclic) bond motifs is 1. The highest BCUT2D eigenvalue weighted by atomic mass is 16.3. The van der Waals surface area contributed by atoms with Gasteiger partial charge < -0.3 is 15.7 Å². The van der Waals surface area contributed by atoms with Crippen LogP contribution in [-0.2, 0) is 9.59 Å². The van der Waals surface area contributed by atoms with Gasteiger partial charge in [0.1, 0.15) is 0 Å². The molecule has 0 bridgehead atoms. The Kier molecular flexibility index (Phi) is 3.68. The summed E-state index contributed by atoms with van der Waals surface area (Å²) in [6.07, 6.45) is 3.79. The Morgan fingerprint density at radius 1 is 1.33 bits per heavy atom. The van der Waals surface area contributed by atoms with Gasteiger partial charge in [0.25, 0.3) is 0 Å². The number of rotatable bonds is 3. The first-order valence-corrected chi connectivity index (χ1v) is 7.45. The fraction of sp³-hybridized carbons (Fsp3) is 0.500. The fourth-order valence-electron chi connectivity index (χ4n) is 3.37. The summed E-state index contributed by atoms with van der Waals surface area (Å²) in [5.41, 5.74) is 1.05. The SMILES string of the molecule is O=C1CC(C(=O)NC2(CO)CCCC2)c2ccccc2N1. The van der Waals surface area contributed by atoms with Crippen LogP contribution in [0.3, 0.4) is 0 Å². The van der Waals surface area contributed by atoms with Gasteiger partial charge in [-0.25, -0.2) is 0 Å². The fourth-order valence-corrected chi connectivity index (χ4v) is 3.37. The van der Waals surface area contributed by atoms with Crippen LogP contribution in [0.2, 0.25) is 0 Å². The molecule has 1 aromatic rings. The number of para-hydroxylation sites is 1. The zero-order chi connectivity index (χ0) is 14.9. The third kappa shape index (κ3) is 2.65. The number of carbonyl (C=O) groups is 2. The van der Waals surface area contributed by atoms with Gasteiger partial charge in [0, 0.05) is 12.1 Å². The first-order chi connectivity index (χ1) is 10.1. The van der Waals surface area contributed by atoms with Gasteiger partial charge in [0.15, 0.2) is 0 Å². The first-order valence-electron chi connectivity index (χ1n) is 7.45. The molecule has 0 saturated heterocycles. The Bertz CT molecular complexity index is 564. The number of carbonyl (C=O) groups excluding carboxylic acids is 2. The van der Waals surface area contributed by atoms with Crippen molar-refractivity contribution in [1.82, 2.24) is 5.32 Å². The van der Waals surface area contributed by atoms with Crippen molar-refractivity contribution in [3.63, 3.8) is 0 Å². The van der Waals surface area contributed by atoms with Crippen LogP contribution in [0.4, 0.5) is 5.69 Å². The molecule has 1 unspecified atom stereocenters. The van der Waals surface area contributed by atoms with Gasteiger partial charge in [-0.15, -0.1) is 0 Å². The topological polar surface area (TPSA) is 78.4 Å². The van der Waals surface area contributed by atoms with Crippen LogP contribution in [0.25, 0.3) is 0 Å². The standard InChI is InChI=1S/C16H20N2O3/c19-10-16(7-3-4-8-16)18-15(21)12-9-14(20)17-13-6-2-1-5-11(12)13/h1-2,5-6,12,19H,3-4,7-10H2,(H,17,20)(H,18,21). The summed E-state index contributed by atoms with van der Waals surface area (Å²) in [7, 11) is 0. The van der Waals surface area contributed by atoms with E-state index in [2.05, 4.69) is 10.6 Å². The lowest BCUT2D eigenvalue weighted by molar-refractivity contribution is -0.128. The average molecular weight is 288 g/mol. The number of benzene rings is 1. The van der Waals surface area contributed by atoms with Crippen molar-refractivity contribution in [3.05, 3.63) is 29.8 Å². The molecule has 1 aromatic carbocycles. The van der Waals surface area contributed by atoms with Gasteiger partial charge >= 0.3 is 0 Å². The maximum atomic E-state index is 12.6. The van der Waals surface area contributed by atoms with Gasteiger partial charge in [-0.1, -0.05) is 31.0 Å². The molecule has 1 saturated carbocycles. The predicted octanol–water partition coefficient (Wildman–Crippen LogP) is 1.53. The van der Waals surface area contributed by atoms with Gasteiger partial charge in [0.05, 0.1) is 18.1 Å². The largest absolute Gasteiger partial charge is 0.394 e. The Hall–Kier alpha value is -1.88. The monoisotopic (exact) mass is 288 g/mol. The summed E-state index contributed by atoms with van der Waals surface area (Å²) in [5.74, 6) is -0.773. The molecule has 3 rings (SSSR count). The van der Waals surface area contributed by atoms with E-state index in [1.165, 1.54) is 0 Å². The summed E-state index contributed by atoms with van der Waals surface area (Å²) in [5, 5.41) is 15.4. The van der Waals surface area contributed by atoms with Gasteiger partial charge in [-0.3, -0.25) is 9.59 Å². The number of aliphatic hydroxyl groups is 1. The lowest BCUT2D eigenvalue weighted by Crippen LogP contribution is -2.51. The normalized spacial score (nSPS) is 23.3. The molecule has 0 radical (unpaired) electrons. The molecule has 3 N–H and O–H groups in total. The minimum atomic E-state index is -0.500. The molecule has 1 fully saturated rings. The van der Waals surface area contributed by atoms with E-state index in [4.69, 9.17) is 0 Å². The minimum absolute atomic E-state index is 0.0424. The van der Waals surface area contributed by atoms with E-state index in [-0.39, 0.29) is 24.8 Å². The molecule has 1 atom stereocenters. The highest BCUT2D eigenvalue weighted by Gasteiger charge is 2.38. The maximum absolute atomic E-state index is 12.6. The lowest BCUT2D eigenvalue weighted by Gasteiger charge is -2.32. The third-order valence-electron chi connectivity index (χ3n) is 4.57. The molecule has 0 aromatic heterocycles. The van der Waals surface area contributed by atoms with Crippen molar-refractivity contribution < 1.29 is 14.7 Å². The average Bonchev–Trinajstić information content (AvgIpc) is 2.95. The van der Waals surface area contributed by atoms with Crippen molar-refractivity contribution >= 4 is 17.5 Å². The third-order valence-corrected chi connectivity index (χ3v) is 4.57. The molecule has 5 nitrogen and oxygen atoms in total. The van der Waals surface area contributed by atoms with E-state index in [1.54, 1.807) is 0 Å². The number of anilines is 1. The molecular weight excluding hydrogens is 268 g/mol. The summed E-state index contributed by atoms with van der Waals surface area (Å²) in [4.78, 5) is 24.4. The number of hydrogen-bond acceptors (Lipinski definition) is 3. The van der Waals surface area contributed by atoms with Crippen LogP contribution in [0.15, 0.2) is 24.3 Å². The first kappa shape index (κ1) is 14.1. The van der Waals surface area contributed by atoms with Crippen molar-refractivity contribution in [3.8, 4) is 0 Å². The Morgan fingerprint density at radius 3 is 2.76 bits per heavy atom. The van der Waals surface area contributed by atoms with Crippen molar-refractivity contribution in [2.24, 2.45) is 0 Å². The molecule has 1 aliphatic carbocycles. The maximum Gasteiger partial charge on any atom is 0.228 e. The molecule has 0 spiro atoms. The summed E-state index contributed by atoms with van der Waals surface area (Å²) >= 11 is 0. The van der Waals surface area contributed by atoms with E-state index >= 15 is 0 Å². The highest BCUT2D eigenvalue weighted by molar-refractivity contribution is 6.01. The molecule has 1 heterocycles. The number of nitrogens with one attached hydrogen (secondary N) is 2. The number of amides is 2. The smallest absolute Gasteiger partial charge is 0.228 e. The second-order valence-corrected chi connectivity index (χ2v) is 6.03. The van der Waals surface area contributed by atoms with Crippen LogP contribution in [0, 0.1) is 0 Å². The second kappa shape index (κ2) is 5.48. The summed E-state index contributed by atoms with van der Waals surface area (Å²) in [6, 6.07) is 7.39. The predicted molar refractivity (Wildman–Crippen MR) is 78.9 cm³/mol. The molecule has 1 aliphatic heterocycles. The lowest BCUT2D eigenvalue weighted by atomic mass is 9.88. The van der Waals surface area contributed by atoms with Gasteiger partial charge in [-0.05, 0) is 24.5 Å². The van der Waals surface area contributed by atoms with E-state index in [9.17, 15) is 14.7 Å². The molecule has 112 valence electrons.